The van der Waals surface area contributed by atoms with Crippen molar-refractivity contribution in [2.45, 2.75) is 13.0 Å². The van der Waals surface area contributed by atoms with Crippen LogP contribution in [0, 0.1) is 5.82 Å². The fourth-order valence-electron chi connectivity index (χ4n) is 2.87. The first-order chi connectivity index (χ1) is 13.0. The van der Waals surface area contributed by atoms with E-state index in [0.717, 1.165) is 11.1 Å². The Hall–Kier alpha value is -2.77. The van der Waals surface area contributed by atoms with Crippen molar-refractivity contribution in [3.63, 3.8) is 0 Å². The molecular weight excluding hydrogens is 394 g/mol. The van der Waals surface area contributed by atoms with Crippen molar-refractivity contribution in [1.29, 1.82) is 0 Å². The molecule has 138 valence electrons. The normalized spacial score (nSPS) is 12.4. The van der Waals surface area contributed by atoms with Gasteiger partial charge in [-0.3, -0.25) is 5.10 Å². The minimum atomic E-state index is -0.696. The summed E-state index contributed by atoms with van der Waals surface area (Å²) in [5.41, 5.74) is 8.33. The average molecular weight is 407 g/mol. The number of halogens is 3. The minimum absolute atomic E-state index is 0.104. The molecule has 4 aromatic rings. The van der Waals surface area contributed by atoms with Crippen LogP contribution in [0.5, 0.6) is 5.75 Å². The quantitative estimate of drug-likeness (QED) is 0.443. The summed E-state index contributed by atoms with van der Waals surface area (Å²) in [5.74, 6) is -0.228. The van der Waals surface area contributed by atoms with Gasteiger partial charge in [-0.15, -0.1) is 0 Å². The van der Waals surface area contributed by atoms with E-state index in [1.54, 1.807) is 31.8 Å². The molecule has 0 fully saturated rings. The zero-order chi connectivity index (χ0) is 19.1. The first-order valence-electron chi connectivity index (χ1n) is 7.92. The average Bonchev–Trinajstić information content (AvgIpc) is 3.30. The van der Waals surface area contributed by atoms with Crippen molar-refractivity contribution >= 4 is 40.0 Å². The summed E-state index contributed by atoms with van der Waals surface area (Å²) in [6.45, 7) is 1.69. The Labute approximate surface area is 163 Å². The molecule has 4 rings (SSSR count). The number of hydrogen-bond donors (Lipinski definition) is 2. The zero-order valence-electron chi connectivity index (χ0n) is 14.0. The first kappa shape index (κ1) is 17.6. The monoisotopic (exact) mass is 406 g/mol. The van der Waals surface area contributed by atoms with Gasteiger partial charge in [0, 0.05) is 34.1 Å². The third-order valence-electron chi connectivity index (χ3n) is 4.19. The van der Waals surface area contributed by atoms with E-state index in [1.165, 1.54) is 12.1 Å². The number of hydrogen-bond acceptors (Lipinski definition) is 5. The summed E-state index contributed by atoms with van der Waals surface area (Å²) >= 11 is 12.2. The Bertz CT molecular complexity index is 1130. The molecule has 0 aliphatic carbocycles. The van der Waals surface area contributed by atoms with Gasteiger partial charge in [-0.25, -0.2) is 9.37 Å². The van der Waals surface area contributed by atoms with Crippen molar-refractivity contribution < 1.29 is 13.5 Å². The predicted molar refractivity (Wildman–Crippen MR) is 101 cm³/mol. The lowest BCUT2D eigenvalue weighted by molar-refractivity contribution is 0.227. The van der Waals surface area contributed by atoms with Gasteiger partial charge in [0.15, 0.2) is 11.4 Å². The van der Waals surface area contributed by atoms with Crippen LogP contribution in [0.25, 0.3) is 22.1 Å². The Balaban J connectivity index is 1.79. The molecule has 0 amide bonds. The summed E-state index contributed by atoms with van der Waals surface area (Å²) in [6.07, 6.45) is 5.86. The number of fused-ring (bicyclic) bond motifs is 1. The van der Waals surface area contributed by atoms with E-state index < -0.39 is 11.9 Å². The Kier molecular flexibility index (Phi) is 4.41. The van der Waals surface area contributed by atoms with Crippen molar-refractivity contribution in [3.8, 4) is 16.9 Å². The lowest BCUT2D eigenvalue weighted by atomic mass is 10.1. The highest BCUT2D eigenvalue weighted by Gasteiger charge is 2.23. The van der Waals surface area contributed by atoms with Gasteiger partial charge in [0.2, 0.25) is 5.75 Å². The molecular formula is C18H13Cl2FN4O2. The number of aromatic nitrogens is 3. The molecule has 0 unspecified atom stereocenters. The topological polar surface area (TPSA) is 90.0 Å². The number of pyridine rings is 1. The van der Waals surface area contributed by atoms with Crippen molar-refractivity contribution in [2.24, 2.45) is 0 Å². The van der Waals surface area contributed by atoms with Gasteiger partial charge in [-0.05, 0) is 19.1 Å². The van der Waals surface area contributed by atoms with E-state index in [2.05, 4.69) is 15.2 Å². The van der Waals surface area contributed by atoms with Gasteiger partial charge >= 0.3 is 0 Å². The number of nitrogen functional groups attached to an aromatic ring is 1. The van der Waals surface area contributed by atoms with E-state index in [0.29, 0.717) is 16.5 Å². The second-order valence-electron chi connectivity index (χ2n) is 5.87. The SMILES string of the molecule is C[C@@H](Oc1c(N)ncc2c(-c3cn[nH]c3)coc12)c1c(Cl)ccc(F)c1Cl. The maximum Gasteiger partial charge on any atom is 0.205 e. The molecule has 0 aliphatic heterocycles. The van der Waals surface area contributed by atoms with Crippen LogP contribution in [0.15, 0.2) is 41.4 Å². The molecule has 0 saturated carbocycles. The number of benzene rings is 1. The molecule has 27 heavy (non-hydrogen) atoms. The van der Waals surface area contributed by atoms with E-state index in [4.69, 9.17) is 38.1 Å². The second kappa shape index (κ2) is 6.75. The number of nitrogens with zero attached hydrogens (tertiary/aromatic N) is 2. The second-order valence-corrected chi connectivity index (χ2v) is 6.65. The highest BCUT2D eigenvalue weighted by molar-refractivity contribution is 6.36. The zero-order valence-corrected chi connectivity index (χ0v) is 15.5. The number of furan rings is 1. The lowest BCUT2D eigenvalue weighted by Crippen LogP contribution is -2.08. The number of H-pyrrole nitrogens is 1. The van der Waals surface area contributed by atoms with Gasteiger partial charge < -0.3 is 14.9 Å². The Morgan fingerprint density at radius 3 is 2.85 bits per heavy atom. The molecule has 1 atom stereocenters. The molecule has 0 saturated heterocycles. The Morgan fingerprint density at radius 1 is 1.30 bits per heavy atom. The molecule has 0 bridgehead atoms. The van der Waals surface area contributed by atoms with Gasteiger partial charge in [-0.2, -0.15) is 5.10 Å². The number of rotatable bonds is 4. The Morgan fingerprint density at radius 2 is 2.11 bits per heavy atom. The van der Waals surface area contributed by atoms with Gasteiger partial charge in [-0.1, -0.05) is 23.2 Å². The number of nitrogens with two attached hydrogens (primary N) is 1. The van der Waals surface area contributed by atoms with Crippen LogP contribution in [0.4, 0.5) is 10.2 Å². The maximum absolute atomic E-state index is 13.8. The molecule has 9 heteroatoms. The van der Waals surface area contributed by atoms with Crippen LogP contribution in [-0.2, 0) is 0 Å². The van der Waals surface area contributed by atoms with E-state index in [-0.39, 0.29) is 21.6 Å². The fraction of sp³-hybridized carbons (Fsp3) is 0.111. The van der Waals surface area contributed by atoms with Crippen LogP contribution >= 0.6 is 23.2 Å². The highest BCUT2D eigenvalue weighted by Crippen LogP contribution is 2.41. The minimum Gasteiger partial charge on any atom is -0.478 e. The van der Waals surface area contributed by atoms with Gasteiger partial charge in [0.1, 0.15) is 18.2 Å². The largest absolute Gasteiger partial charge is 0.478 e. The van der Waals surface area contributed by atoms with E-state index in [9.17, 15) is 4.39 Å². The standard InChI is InChI=1S/C18H13Cl2FN4O2/c1-8(14-12(19)2-3-13(21)15(14)20)27-17-16-10(6-23-18(17)22)11(7-26-16)9-4-24-25-5-9/h2-8H,1H3,(H2,22,23)(H,24,25)/t8-/m1/s1. The molecule has 0 radical (unpaired) electrons. The summed E-state index contributed by atoms with van der Waals surface area (Å²) in [6, 6.07) is 2.62. The van der Waals surface area contributed by atoms with Crippen molar-refractivity contribution in [2.75, 3.05) is 5.73 Å². The maximum atomic E-state index is 13.8. The smallest absolute Gasteiger partial charge is 0.205 e. The molecule has 3 N–H and O–H groups in total. The van der Waals surface area contributed by atoms with Crippen LogP contribution in [0.3, 0.4) is 0 Å². The van der Waals surface area contributed by atoms with E-state index in [1.807, 2.05) is 0 Å². The van der Waals surface area contributed by atoms with Gasteiger partial charge in [0.25, 0.3) is 0 Å². The predicted octanol–water partition coefficient (Wildman–Crippen LogP) is 5.39. The molecule has 3 heterocycles. The fourth-order valence-corrected chi connectivity index (χ4v) is 3.54. The van der Waals surface area contributed by atoms with Gasteiger partial charge in [0.05, 0.1) is 16.6 Å². The molecule has 0 aliphatic rings. The summed E-state index contributed by atoms with van der Waals surface area (Å²) in [7, 11) is 0. The lowest BCUT2D eigenvalue weighted by Gasteiger charge is -2.18. The molecule has 3 aromatic heterocycles. The third-order valence-corrected chi connectivity index (χ3v) is 4.90. The first-order valence-corrected chi connectivity index (χ1v) is 8.67. The van der Waals surface area contributed by atoms with Crippen LogP contribution in [0.1, 0.15) is 18.6 Å². The summed E-state index contributed by atoms with van der Waals surface area (Å²) in [5, 5.41) is 7.56. The summed E-state index contributed by atoms with van der Waals surface area (Å²) < 4.78 is 25.5. The highest BCUT2D eigenvalue weighted by atomic mass is 35.5. The molecule has 0 spiro atoms. The number of nitrogens with one attached hydrogen (secondary N) is 1. The van der Waals surface area contributed by atoms with Crippen LogP contribution < -0.4 is 10.5 Å². The number of ether oxygens (including phenoxy) is 1. The third kappa shape index (κ3) is 2.98. The van der Waals surface area contributed by atoms with E-state index >= 15 is 0 Å². The van der Waals surface area contributed by atoms with Crippen molar-refractivity contribution in [3.05, 3.63) is 58.4 Å². The molecule has 1 aromatic carbocycles. The molecule has 6 nitrogen and oxygen atoms in total. The van der Waals surface area contributed by atoms with Crippen molar-refractivity contribution in [1.82, 2.24) is 15.2 Å². The number of anilines is 1. The van der Waals surface area contributed by atoms with Crippen LogP contribution in [-0.4, -0.2) is 15.2 Å². The van der Waals surface area contributed by atoms with Crippen LogP contribution in [0.2, 0.25) is 10.0 Å². The number of aromatic amines is 1. The summed E-state index contributed by atoms with van der Waals surface area (Å²) in [4.78, 5) is 4.18.